The molecule has 1 aliphatic rings. The minimum absolute atomic E-state index is 0.0641. The summed E-state index contributed by atoms with van der Waals surface area (Å²) in [6.45, 7) is 3.47. The van der Waals surface area contributed by atoms with Crippen molar-refractivity contribution in [2.45, 2.75) is 45.8 Å². The van der Waals surface area contributed by atoms with Crippen LogP contribution in [0.15, 0.2) is 48.5 Å². The highest BCUT2D eigenvalue weighted by molar-refractivity contribution is 5.68. The van der Waals surface area contributed by atoms with E-state index in [4.69, 9.17) is 9.47 Å². The minimum atomic E-state index is -1.17. The Morgan fingerprint density at radius 2 is 1.54 bits per heavy atom. The first-order chi connectivity index (χ1) is 16.8. The van der Waals surface area contributed by atoms with Crippen LogP contribution >= 0.6 is 0 Å². The summed E-state index contributed by atoms with van der Waals surface area (Å²) < 4.78 is 82.5. The number of halogens is 5. The van der Waals surface area contributed by atoms with Gasteiger partial charge in [0.2, 0.25) is 5.82 Å². The van der Waals surface area contributed by atoms with Crippen molar-refractivity contribution >= 4 is 5.57 Å². The number of allylic oxidation sites excluding steroid dienone is 1. The van der Waals surface area contributed by atoms with E-state index >= 15 is 0 Å². The Morgan fingerprint density at radius 3 is 2.23 bits per heavy atom. The van der Waals surface area contributed by atoms with E-state index in [0.717, 1.165) is 5.57 Å². The van der Waals surface area contributed by atoms with Crippen LogP contribution < -0.4 is 4.74 Å². The normalized spacial score (nSPS) is 15.7. The van der Waals surface area contributed by atoms with Gasteiger partial charge in [-0.2, -0.15) is 4.39 Å². The second-order valence-electron chi connectivity index (χ2n) is 8.48. The van der Waals surface area contributed by atoms with Crippen molar-refractivity contribution in [1.29, 1.82) is 0 Å². The molecule has 0 aromatic heterocycles. The Balaban J connectivity index is 1.41. The third kappa shape index (κ3) is 5.25. The summed E-state index contributed by atoms with van der Waals surface area (Å²) in [4.78, 5) is 0. The molecule has 0 fully saturated rings. The van der Waals surface area contributed by atoms with E-state index < -0.39 is 29.1 Å². The fourth-order valence-electron chi connectivity index (χ4n) is 4.19. The monoisotopic (exact) mass is 488 g/mol. The molecule has 2 nitrogen and oxygen atoms in total. The predicted octanol–water partition coefficient (Wildman–Crippen LogP) is 7.91. The van der Waals surface area contributed by atoms with Gasteiger partial charge in [0.1, 0.15) is 5.82 Å². The van der Waals surface area contributed by atoms with Crippen molar-refractivity contribution in [3.05, 3.63) is 94.3 Å². The van der Waals surface area contributed by atoms with E-state index in [-0.39, 0.29) is 47.3 Å². The maximum Gasteiger partial charge on any atom is 0.201 e. The van der Waals surface area contributed by atoms with Gasteiger partial charge in [0.05, 0.1) is 19.3 Å². The topological polar surface area (TPSA) is 18.5 Å². The summed E-state index contributed by atoms with van der Waals surface area (Å²) in [7, 11) is 0. The summed E-state index contributed by atoms with van der Waals surface area (Å²) in [5.41, 5.74) is 1.55. The maximum absolute atomic E-state index is 14.7. The average molecular weight is 488 g/mol. The van der Waals surface area contributed by atoms with Crippen LogP contribution in [0.25, 0.3) is 16.7 Å². The lowest BCUT2D eigenvalue weighted by atomic mass is 9.91. The van der Waals surface area contributed by atoms with Crippen molar-refractivity contribution in [2.24, 2.45) is 0 Å². The summed E-state index contributed by atoms with van der Waals surface area (Å²) >= 11 is 0. The van der Waals surface area contributed by atoms with Gasteiger partial charge in [-0.1, -0.05) is 30.3 Å². The third-order valence-corrected chi connectivity index (χ3v) is 6.14. The molecule has 3 aromatic carbocycles. The number of rotatable bonds is 7. The fraction of sp³-hybridized carbons (Fsp3) is 0.286. The first-order valence-corrected chi connectivity index (χ1v) is 11.4. The highest BCUT2D eigenvalue weighted by Crippen LogP contribution is 2.33. The molecule has 3 aromatic rings. The average Bonchev–Trinajstić information content (AvgIpc) is 2.85. The Labute approximate surface area is 201 Å². The van der Waals surface area contributed by atoms with Crippen molar-refractivity contribution in [2.75, 3.05) is 6.61 Å². The van der Waals surface area contributed by atoms with Crippen LogP contribution in [0.5, 0.6) is 5.75 Å². The molecule has 0 aliphatic heterocycles. The Bertz CT molecular complexity index is 1270. The summed E-state index contributed by atoms with van der Waals surface area (Å²) in [6.07, 6.45) is 3.34. The van der Waals surface area contributed by atoms with Crippen LogP contribution in [0.1, 0.15) is 42.9 Å². The number of hydrogen-bond acceptors (Lipinski definition) is 2. The van der Waals surface area contributed by atoms with Gasteiger partial charge in [0, 0.05) is 16.7 Å². The van der Waals surface area contributed by atoms with Gasteiger partial charge in [-0.05, 0) is 68.0 Å². The standard InChI is InChI=1S/C28H25F5O2/c1-3-34-24-13-12-22(27(32)28(24)33)21-11-5-17(14-23(21)29)15-35-19-8-6-18(7-9-19)20-10-4-16(2)25(30)26(20)31/h4-6,10-14,19H,3,7-9,15H2,1-2H3. The molecule has 7 heteroatoms. The molecule has 1 atom stereocenters. The van der Waals surface area contributed by atoms with Crippen LogP contribution in [0.3, 0.4) is 0 Å². The van der Waals surface area contributed by atoms with Crippen LogP contribution in [0.4, 0.5) is 22.0 Å². The molecular weight excluding hydrogens is 463 g/mol. The van der Waals surface area contributed by atoms with Gasteiger partial charge in [0.15, 0.2) is 23.2 Å². The van der Waals surface area contributed by atoms with Crippen molar-refractivity contribution in [1.82, 2.24) is 0 Å². The van der Waals surface area contributed by atoms with Gasteiger partial charge in [-0.3, -0.25) is 0 Å². The summed E-state index contributed by atoms with van der Waals surface area (Å²) in [6, 6.07) is 9.92. The van der Waals surface area contributed by atoms with E-state index in [9.17, 15) is 22.0 Å². The zero-order valence-corrected chi connectivity index (χ0v) is 19.4. The zero-order chi connectivity index (χ0) is 25.1. The first kappa shape index (κ1) is 24.9. The molecule has 1 aliphatic carbocycles. The highest BCUT2D eigenvalue weighted by Gasteiger charge is 2.21. The molecule has 184 valence electrons. The Kier molecular flexibility index (Phi) is 7.55. The van der Waals surface area contributed by atoms with Crippen LogP contribution in [-0.4, -0.2) is 12.7 Å². The van der Waals surface area contributed by atoms with E-state index in [1.807, 2.05) is 6.08 Å². The fourth-order valence-corrected chi connectivity index (χ4v) is 4.19. The molecule has 0 bridgehead atoms. The second-order valence-corrected chi connectivity index (χ2v) is 8.48. The van der Waals surface area contributed by atoms with E-state index in [1.165, 1.54) is 31.2 Å². The van der Waals surface area contributed by atoms with Crippen molar-refractivity contribution in [3.8, 4) is 16.9 Å². The molecular formula is C28H25F5O2. The Morgan fingerprint density at radius 1 is 0.829 bits per heavy atom. The predicted molar refractivity (Wildman–Crippen MR) is 124 cm³/mol. The SMILES string of the molecule is CCOc1ccc(-c2ccc(COC3CC=C(c4ccc(C)c(F)c4F)CC3)cc2F)c(F)c1F. The molecule has 1 unspecified atom stereocenters. The lowest BCUT2D eigenvalue weighted by Gasteiger charge is -2.23. The maximum atomic E-state index is 14.7. The van der Waals surface area contributed by atoms with Crippen LogP contribution in [0.2, 0.25) is 0 Å². The molecule has 0 saturated carbocycles. The molecule has 0 heterocycles. The quantitative estimate of drug-likeness (QED) is 0.315. The molecule has 0 amide bonds. The van der Waals surface area contributed by atoms with Gasteiger partial charge >= 0.3 is 0 Å². The molecule has 0 spiro atoms. The van der Waals surface area contributed by atoms with E-state index in [2.05, 4.69) is 0 Å². The number of hydrogen-bond donors (Lipinski definition) is 0. The highest BCUT2D eigenvalue weighted by atomic mass is 19.2. The zero-order valence-electron chi connectivity index (χ0n) is 19.4. The number of benzene rings is 3. The van der Waals surface area contributed by atoms with E-state index in [0.29, 0.717) is 24.8 Å². The second kappa shape index (κ2) is 10.6. The van der Waals surface area contributed by atoms with Gasteiger partial charge in [-0.25, -0.2) is 17.6 Å². The summed E-state index contributed by atoms with van der Waals surface area (Å²) in [5, 5.41) is 0. The smallest absolute Gasteiger partial charge is 0.201 e. The van der Waals surface area contributed by atoms with Crippen LogP contribution in [-0.2, 0) is 11.3 Å². The third-order valence-electron chi connectivity index (χ3n) is 6.14. The molecule has 0 saturated heterocycles. The van der Waals surface area contributed by atoms with Crippen molar-refractivity contribution < 1.29 is 31.4 Å². The first-order valence-electron chi connectivity index (χ1n) is 11.4. The molecule has 35 heavy (non-hydrogen) atoms. The number of aryl methyl sites for hydroxylation is 1. The van der Waals surface area contributed by atoms with Gasteiger partial charge < -0.3 is 9.47 Å². The Hall–Kier alpha value is -3.19. The lowest BCUT2D eigenvalue weighted by Crippen LogP contribution is -2.16. The minimum Gasteiger partial charge on any atom is -0.491 e. The van der Waals surface area contributed by atoms with Gasteiger partial charge in [0.25, 0.3) is 0 Å². The van der Waals surface area contributed by atoms with E-state index in [1.54, 1.807) is 25.1 Å². The molecule has 0 N–H and O–H groups in total. The largest absolute Gasteiger partial charge is 0.491 e. The summed E-state index contributed by atoms with van der Waals surface area (Å²) in [5.74, 6) is -4.92. The van der Waals surface area contributed by atoms with Crippen LogP contribution in [0, 0.1) is 36.0 Å². The number of ether oxygens (including phenoxy) is 2. The van der Waals surface area contributed by atoms with Crippen molar-refractivity contribution in [3.63, 3.8) is 0 Å². The van der Waals surface area contributed by atoms with Gasteiger partial charge in [-0.15, -0.1) is 0 Å². The molecule has 0 radical (unpaired) electrons. The molecule has 4 rings (SSSR count). The lowest BCUT2D eigenvalue weighted by molar-refractivity contribution is 0.0358.